The SMILES string of the molecule is CCC(C)(C)C(=O)O.CCC(C)(C)C(=O)OCCN(C)C.CCC(C)(C)C(=O)OCCOCCOCCOCCOCCOCCOCCOCCOCCOCCOCCOCCOCCOCCOCCOCCOCCOCCOCCOCCOCCOCCOCCOCCOCCOC. The molecule has 0 saturated heterocycles. The number of rotatable bonds is 84. The first-order chi connectivity index (χ1) is 50.9. The lowest BCUT2D eigenvalue weighted by atomic mass is 9.91. The Labute approximate surface area is 630 Å². The van der Waals surface area contributed by atoms with E-state index in [9.17, 15) is 14.4 Å². The van der Waals surface area contributed by atoms with E-state index in [0.717, 1.165) is 19.4 Å². The number of likely N-dealkylation sites (N-methyl/N-ethyl adjacent to an activating group) is 1. The molecule has 0 rings (SSSR count). The maximum atomic E-state index is 11.9. The summed E-state index contributed by atoms with van der Waals surface area (Å²) in [5.41, 5.74) is -1.35. The Balaban J connectivity index is -0.00000424. The predicted octanol–water partition coefficient (Wildman–Crippen LogP) is 5.05. The van der Waals surface area contributed by atoms with Crippen LogP contribution >= 0.6 is 0 Å². The monoisotopic (exact) mass is 1530 g/mol. The smallest absolute Gasteiger partial charge is 0.311 e. The summed E-state index contributed by atoms with van der Waals surface area (Å²) < 4.78 is 147. The van der Waals surface area contributed by atoms with Crippen LogP contribution in [0.2, 0.25) is 0 Å². The van der Waals surface area contributed by atoms with Crippen LogP contribution in [-0.2, 0) is 142 Å². The molecule has 1 N–H and O–H groups in total. The molecule has 0 saturated carbocycles. The van der Waals surface area contributed by atoms with Gasteiger partial charge >= 0.3 is 17.9 Å². The molecule has 0 bridgehead atoms. The Morgan fingerprint density at radius 1 is 0.229 bits per heavy atom. The third-order valence-corrected chi connectivity index (χ3v) is 14.6. The average Bonchev–Trinajstić information content (AvgIpc) is 0.914. The first-order valence-corrected chi connectivity index (χ1v) is 37.5. The Morgan fingerprint density at radius 3 is 0.476 bits per heavy atom. The molecule has 0 aliphatic heterocycles. The molecule has 0 amide bonds. The Hall–Kier alpha value is -2.63. The quantitative estimate of drug-likeness (QED) is 0.0615. The number of carboxylic acid groups (broad SMARTS) is 1. The molecule has 0 unspecified atom stereocenters. The predicted molar refractivity (Wildman–Crippen MR) is 392 cm³/mol. The molecule has 0 fully saturated rings. The summed E-state index contributed by atoms with van der Waals surface area (Å²) in [5.74, 6) is -1.03. The van der Waals surface area contributed by atoms with Crippen LogP contribution in [0.1, 0.15) is 81.6 Å². The van der Waals surface area contributed by atoms with Gasteiger partial charge in [-0.3, -0.25) is 14.4 Å². The van der Waals surface area contributed by atoms with Crippen molar-refractivity contribution in [1.82, 2.24) is 4.90 Å². The van der Waals surface area contributed by atoms with Crippen molar-refractivity contribution in [3.8, 4) is 0 Å². The number of hydrogen-bond acceptors (Lipinski definition) is 31. The molecule has 0 atom stereocenters. The number of hydrogen-bond donors (Lipinski definition) is 1. The number of ether oxygens (including phenoxy) is 27. The van der Waals surface area contributed by atoms with Gasteiger partial charge in [-0.05, 0) is 74.9 Å². The zero-order valence-corrected chi connectivity index (χ0v) is 67.0. The van der Waals surface area contributed by atoms with Gasteiger partial charge in [0.15, 0.2) is 0 Å². The van der Waals surface area contributed by atoms with E-state index in [1.54, 1.807) is 21.0 Å². The summed E-state index contributed by atoms with van der Waals surface area (Å²) in [6.07, 6.45) is 2.23. The summed E-state index contributed by atoms with van der Waals surface area (Å²) in [6, 6.07) is 0. The Morgan fingerprint density at radius 2 is 0.362 bits per heavy atom. The van der Waals surface area contributed by atoms with Crippen molar-refractivity contribution in [2.75, 3.05) is 365 Å². The minimum absolute atomic E-state index is 0.100. The van der Waals surface area contributed by atoms with Crippen LogP contribution < -0.4 is 0 Å². The minimum Gasteiger partial charge on any atom is -0.481 e. The van der Waals surface area contributed by atoms with Crippen LogP contribution in [0.25, 0.3) is 0 Å². The van der Waals surface area contributed by atoms with Gasteiger partial charge in [0.1, 0.15) is 13.2 Å². The van der Waals surface area contributed by atoms with Crippen molar-refractivity contribution in [1.29, 1.82) is 0 Å². The van der Waals surface area contributed by atoms with Gasteiger partial charge in [-0.15, -0.1) is 0 Å². The maximum absolute atomic E-state index is 11.9. The van der Waals surface area contributed by atoms with Gasteiger partial charge in [-0.25, -0.2) is 0 Å². The second kappa shape index (κ2) is 85.4. The summed E-state index contributed by atoms with van der Waals surface area (Å²) in [6.45, 7) is 42.3. The number of esters is 2. The van der Waals surface area contributed by atoms with Crippen LogP contribution in [0.3, 0.4) is 0 Å². The number of carbonyl (C=O) groups excluding carboxylic acids is 2. The molecular formula is C73H147NO31. The van der Waals surface area contributed by atoms with Crippen molar-refractivity contribution in [2.45, 2.75) is 81.6 Å². The van der Waals surface area contributed by atoms with Gasteiger partial charge in [0.2, 0.25) is 0 Å². The zero-order chi connectivity index (χ0) is 77.8. The normalized spacial score (nSPS) is 11.9. The lowest BCUT2D eigenvalue weighted by Crippen LogP contribution is -2.28. The van der Waals surface area contributed by atoms with Gasteiger partial charge in [-0.2, -0.15) is 0 Å². The van der Waals surface area contributed by atoms with E-state index in [1.807, 2.05) is 67.5 Å². The van der Waals surface area contributed by atoms with E-state index < -0.39 is 16.8 Å². The number of nitrogens with zero attached hydrogens (tertiary/aromatic N) is 1. The third kappa shape index (κ3) is 86.8. The highest BCUT2D eigenvalue weighted by Gasteiger charge is 2.28. The van der Waals surface area contributed by atoms with Crippen molar-refractivity contribution in [2.24, 2.45) is 16.2 Å². The van der Waals surface area contributed by atoms with Crippen molar-refractivity contribution >= 4 is 17.9 Å². The molecule has 105 heavy (non-hydrogen) atoms. The molecule has 0 heterocycles. The van der Waals surface area contributed by atoms with Gasteiger partial charge in [0.05, 0.1) is 340 Å². The molecule has 32 nitrogen and oxygen atoms in total. The first-order valence-electron chi connectivity index (χ1n) is 37.5. The van der Waals surface area contributed by atoms with Crippen LogP contribution in [0, 0.1) is 16.2 Å². The van der Waals surface area contributed by atoms with E-state index in [4.69, 9.17) is 133 Å². The summed E-state index contributed by atoms with van der Waals surface area (Å²) >= 11 is 0. The molecule has 0 aromatic rings. The van der Waals surface area contributed by atoms with Gasteiger partial charge < -0.3 is 138 Å². The molecule has 0 radical (unpaired) electrons. The highest BCUT2D eigenvalue weighted by Crippen LogP contribution is 2.22. The zero-order valence-electron chi connectivity index (χ0n) is 67.0. The minimum atomic E-state index is -0.722. The molecule has 0 aliphatic rings. The lowest BCUT2D eigenvalue weighted by Gasteiger charge is -2.20. The fourth-order valence-corrected chi connectivity index (χ4v) is 6.65. The van der Waals surface area contributed by atoms with Crippen LogP contribution in [-0.4, -0.2) is 393 Å². The molecule has 0 aromatic carbocycles. The number of carboxylic acids is 1. The second-order valence-electron chi connectivity index (χ2n) is 24.8. The molecule has 0 aliphatic carbocycles. The second-order valence-corrected chi connectivity index (χ2v) is 24.8. The van der Waals surface area contributed by atoms with Crippen LogP contribution in [0.15, 0.2) is 0 Å². The van der Waals surface area contributed by atoms with E-state index in [2.05, 4.69) is 0 Å². The molecule has 0 aromatic heterocycles. The third-order valence-electron chi connectivity index (χ3n) is 14.6. The number of aliphatic carboxylic acids is 1. The molecular weight excluding hydrogens is 1390 g/mol. The Bertz CT molecular complexity index is 1750. The Kier molecular flexibility index (Phi) is 86.6. The topological polar surface area (TPSA) is 324 Å². The number of carbonyl (C=O) groups is 3. The van der Waals surface area contributed by atoms with Gasteiger partial charge in [-0.1, -0.05) is 20.8 Å². The lowest BCUT2D eigenvalue weighted by molar-refractivity contribution is -0.156. The van der Waals surface area contributed by atoms with Crippen LogP contribution in [0.4, 0.5) is 0 Å². The summed E-state index contributed by atoms with van der Waals surface area (Å²) in [4.78, 5) is 35.6. The molecule has 630 valence electrons. The van der Waals surface area contributed by atoms with Crippen molar-refractivity contribution in [3.05, 3.63) is 0 Å². The largest absolute Gasteiger partial charge is 0.481 e. The highest BCUT2D eigenvalue weighted by molar-refractivity contribution is 5.76. The fourth-order valence-electron chi connectivity index (χ4n) is 6.65. The van der Waals surface area contributed by atoms with Crippen molar-refractivity contribution in [3.63, 3.8) is 0 Å². The molecule has 0 spiro atoms. The van der Waals surface area contributed by atoms with Crippen molar-refractivity contribution < 1.29 is 147 Å². The summed E-state index contributed by atoms with van der Waals surface area (Å²) in [5, 5.41) is 8.44. The van der Waals surface area contributed by atoms with E-state index in [-0.39, 0.29) is 24.0 Å². The standard InChI is InChI=1S/C57H114O27.C10H21NO2.C6H12O2/c1-5-57(2,3)56(58)84-55-54-83-53-52-82-51-50-81-49-48-80-47-46-79-45-44-78-43-42-77-41-40-76-39-38-75-37-36-74-35-34-73-33-32-72-31-30-71-29-28-70-27-26-69-25-24-68-23-22-67-21-20-66-19-18-65-17-16-64-15-14-63-13-12-62-11-10-61-9-8-60-7-6-59-4;1-6-10(2,3)9(12)13-8-7-11(4)5;1-4-6(2,3)5(7)8/h5-55H2,1-4H3;6-8H2,1-5H3;4H2,1-3H3,(H,7,8). The fraction of sp³-hybridized carbons (Fsp3) is 0.959. The van der Waals surface area contributed by atoms with E-state index in [1.165, 1.54) is 0 Å². The average molecular weight is 1530 g/mol. The molecule has 32 heteroatoms. The van der Waals surface area contributed by atoms with Gasteiger partial charge in [0.25, 0.3) is 0 Å². The van der Waals surface area contributed by atoms with E-state index >= 15 is 0 Å². The highest BCUT2D eigenvalue weighted by atomic mass is 16.6. The summed E-state index contributed by atoms with van der Waals surface area (Å²) in [7, 11) is 5.56. The van der Waals surface area contributed by atoms with Gasteiger partial charge in [0, 0.05) is 13.7 Å². The first kappa shape index (κ1) is 107. The maximum Gasteiger partial charge on any atom is 0.311 e. The van der Waals surface area contributed by atoms with Crippen LogP contribution in [0.5, 0.6) is 0 Å². The number of methoxy groups -OCH3 is 1. The van der Waals surface area contributed by atoms with E-state index in [0.29, 0.717) is 337 Å².